The number of anilines is 3. The van der Waals surface area contributed by atoms with Crippen molar-refractivity contribution >= 4 is 17.3 Å². The predicted molar refractivity (Wildman–Crippen MR) is 118 cm³/mol. The van der Waals surface area contributed by atoms with Gasteiger partial charge in [-0.2, -0.15) is 22.0 Å². The molecule has 0 saturated carbocycles. The number of nitrogens with one attached hydrogen (secondary N) is 1. The normalized spacial score (nSPS) is 19.4. The molecule has 0 amide bonds. The van der Waals surface area contributed by atoms with Gasteiger partial charge in [0, 0.05) is 69.4 Å². The minimum absolute atomic E-state index is 0.0560. The molecular weight excluding hydrogens is 459 g/mol. The van der Waals surface area contributed by atoms with Gasteiger partial charge in [0.15, 0.2) is 5.75 Å². The van der Waals surface area contributed by atoms with Gasteiger partial charge in [0.25, 0.3) is 0 Å². The molecule has 2 aromatic rings. The highest BCUT2D eigenvalue weighted by Gasteiger charge is 2.31. The summed E-state index contributed by atoms with van der Waals surface area (Å²) in [6.45, 7) is 2.61. The van der Waals surface area contributed by atoms with Crippen LogP contribution in [0.1, 0.15) is 19.8 Å². The monoisotopic (exact) mass is 487 g/mol. The fraction of sp³-hybridized carbons (Fsp3) is 0.545. The van der Waals surface area contributed by atoms with Crippen molar-refractivity contribution in [3.63, 3.8) is 0 Å². The highest BCUT2D eigenvalue weighted by molar-refractivity contribution is 5.68. The Kier molecular flexibility index (Phi) is 6.95. The van der Waals surface area contributed by atoms with Crippen molar-refractivity contribution in [3.05, 3.63) is 36.1 Å². The number of likely N-dealkylation sites (N-methyl/N-ethyl adjacent to an activating group) is 1. The molecule has 2 fully saturated rings. The molecule has 1 aromatic carbocycles. The summed E-state index contributed by atoms with van der Waals surface area (Å²) in [6, 6.07) is 5.18. The largest absolute Gasteiger partial charge is 0.433 e. The van der Waals surface area contributed by atoms with Gasteiger partial charge < -0.3 is 19.9 Å². The molecule has 2 aliphatic rings. The molecule has 0 bridgehead atoms. The Bertz CT molecular complexity index is 1010. The molecule has 0 radical (unpaired) electrons. The number of hydrogen-bond acceptors (Lipinski definition) is 7. The molecule has 0 atom stereocenters. The predicted octanol–water partition coefficient (Wildman–Crippen LogP) is 4.06. The highest BCUT2D eigenvalue weighted by Crippen LogP contribution is 2.35. The van der Waals surface area contributed by atoms with Crippen LogP contribution in [0.3, 0.4) is 0 Å². The molecule has 34 heavy (non-hydrogen) atoms. The van der Waals surface area contributed by atoms with E-state index in [1.54, 1.807) is 6.07 Å². The molecule has 0 spiro atoms. The molecule has 2 saturated heterocycles. The summed E-state index contributed by atoms with van der Waals surface area (Å²) in [6.07, 6.45) is -3.39. The molecule has 1 N–H and O–H groups in total. The number of aromatic nitrogens is 2. The Morgan fingerprint density at radius 2 is 1.79 bits per heavy atom. The molecular formula is C22H27F5N6O. The first kappa shape index (κ1) is 23.0. The maximum absolute atomic E-state index is 13.1. The number of ether oxygens (including phenoxy) is 1. The van der Waals surface area contributed by atoms with Gasteiger partial charge in [-0.1, -0.05) is 0 Å². The molecule has 2 aliphatic heterocycles. The van der Waals surface area contributed by atoms with Gasteiger partial charge in [0.1, 0.15) is 0 Å². The summed E-state index contributed by atoms with van der Waals surface area (Å²) in [4.78, 5) is 14.0. The van der Waals surface area contributed by atoms with E-state index in [9.17, 15) is 22.0 Å². The number of halogens is 5. The number of hydrogen-bond donors (Lipinski definition) is 1. The molecule has 0 unspecified atom stereocenters. The van der Waals surface area contributed by atoms with Crippen molar-refractivity contribution in [3.8, 4) is 5.75 Å². The van der Waals surface area contributed by atoms with Gasteiger partial charge in [-0.15, -0.1) is 0 Å². The maximum atomic E-state index is 13.1. The quantitative estimate of drug-likeness (QED) is 0.617. The van der Waals surface area contributed by atoms with Gasteiger partial charge in [0.05, 0.1) is 12.6 Å². The van der Waals surface area contributed by atoms with Gasteiger partial charge in [-0.3, -0.25) is 4.90 Å². The number of rotatable bonds is 6. The fourth-order valence-electron chi connectivity index (χ4n) is 4.29. The number of alkyl halides is 5. The second kappa shape index (κ2) is 10.3. The van der Waals surface area contributed by atoms with E-state index in [2.05, 4.69) is 41.8 Å². The van der Waals surface area contributed by atoms with Crippen molar-refractivity contribution in [2.75, 3.05) is 56.5 Å². The van der Waals surface area contributed by atoms with Gasteiger partial charge in [-0.25, -0.2) is 9.97 Å². The smallest absolute Gasteiger partial charge is 0.419 e. The third-order valence-electron chi connectivity index (χ3n) is 6.22. The lowest BCUT2D eigenvalue weighted by Crippen LogP contribution is -2.52. The van der Waals surface area contributed by atoms with E-state index >= 15 is 0 Å². The van der Waals surface area contributed by atoms with E-state index in [1.807, 2.05) is 0 Å². The number of piperazine rings is 1. The van der Waals surface area contributed by atoms with Crippen molar-refractivity contribution in [1.29, 1.82) is 0 Å². The van der Waals surface area contributed by atoms with E-state index in [-0.39, 0.29) is 17.4 Å². The van der Waals surface area contributed by atoms with Crippen LogP contribution in [-0.4, -0.2) is 78.7 Å². The van der Waals surface area contributed by atoms with E-state index in [1.165, 1.54) is 12.1 Å². The number of nitrogens with zero attached hydrogens (tertiary/aromatic N) is 5. The zero-order valence-corrected chi connectivity index (χ0v) is 18.7. The van der Waals surface area contributed by atoms with Crippen molar-refractivity contribution in [1.82, 2.24) is 19.8 Å². The zero-order valence-electron chi connectivity index (χ0n) is 19.7. The summed E-state index contributed by atoms with van der Waals surface area (Å²) < 4.78 is 76.9. The fourth-order valence-corrected chi connectivity index (χ4v) is 4.29. The SMILES string of the molecule is [2H]c1nc(Nc2ccc(N3CCC(N4CCN(C)CC4)CC3)cc2OC(F)F)ncc1C(F)(F)F. The first-order valence-corrected chi connectivity index (χ1v) is 11.0. The van der Waals surface area contributed by atoms with Crippen LogP contribution in [-0.2, 0) is 6.18 Å². The summed E-state index contributed by atoms with van der Waals surface area (Å²) in [5, 5.41) is 2.58. The molecule has 186 valence electrons. The van der Waals surface area contributed by atoms with E-state index in [0.29, 0.717) is 17.9 Å². The molecule has 0 aliphatic carbocycles. The van der Waals surface area contributed by atoms with Crippen molar-refractivity contribution in [2.24, 2.45) is 0 Å². The van der Waals surface area contributed by atoms with Crippen LogP contribution in [0.4, 0.5) is 39.3 Å². The first-order valence-electron chi connectivity index (χ1n) is 11.5. The molecule has 1 aromatic heterocycles. The Morgan fingerprint density at radius 3 is 2.41 bits per heavy atom. The van der Waals surface area contributed by atoms with E-state index in [4.69, 9.17) is 1.37 Å². The molecule has 4 rings (SSSR count). The lowest BCUT2D eigenvalue weighted by Gasteiger charge is -2.42. The van der Waals surface area contributed by atoms with Gasteiger partial charge in [-0.05, 0) is 32.0 Å². The van der Waals surface area contributed by atoms with Crippen molar-refractivity contribution < 1.29 is 28.1 Å². The van der Waals surface area contributed by atoms with Gasteiger partial charge in [0.2, 0.25) is 5.95 Å². The first-order chi connectivity index (χ1) is 16.6. The lowest BCUT2D eigenvalue weighted by molar-refractivity contribution is -0.138. The summed E-state index contributed by atoms with van der Waals surface area (Å²) in [5.74, 6) is -0.517. The minimum atomic E-state index is -4.76. The number of piperidine rings is 1. The van der Waals surface area contributed by atoms with Crippen LogP contribution < -0.4 is 15.0 Å². The highest BCUT2D eigenvalue weighted by atomic mass is 19.4. The molecule has 12 heteroatoms. The Balaban J connectivity index is 1.46. The second-order valence-electron chi connectivity index (χ2n) is 8.46. The molecule has 3 heterocycles. The average molecular weight is 487 g/mol. The summed E-state index contributed by atoms with van der Waals surface area (Å²) in [5.41, 5.74) is -0.527. The van der Waals surface area contributed by atoms with Gasteiger partial charge >= 0.3 is 12.8 Å². The second-order valence-corrected chi connectivity index (χ2v) is 8.46. The Hall–Kier alpha value is -2.73. The third-order valence-corrected chi connectivity index (χ3v) is 6.22. The van der Waals surface area contributed by atoms with E-state index in [0.717, 1.165) is 52.1 Å². The average Bonchev–Trinajstić information content (AvgIpc) is 2.80. The minimum Gasteiger partial charge on any atom is -0.433 e. The topological polar surface area (TPSA) is 56.8 Å². The standard InChI is InChI=1S/C22H27F5N6O/c1-31-8-10-33(11-9-31)16-4-6-32(7-5-16)17-2-3-18(19(12-17)34-20(23)24)30-21-28-13-15(14-29-21)22(25,26)27/h2-3,12-14,16,20H,4-11H2,1H3,(H,28,29,30)/i13D. The summed E-state index contributed by atoms with van der Waals surface area (Å²) >= 11 is 0. The van der Waals surface area contributed by atoms with Crippen LogP contribution in [0.15, 0.2) is 30.6 Å². The van der Waals surface area contributed by atoms with Crippen LogP contribution in [0.2, 0.25) is 0 Å². The Labute approximate surface area is 195 Å². The zero-order chi connectivity index (χ0) is 25.2. The van der Waals surface area contributed by atoms with E-state index < -0.39 is 24.5 Å². The van der Waals surface area contributed by atoms with Crippen LogP contribution in [0.25, 0.3) is 0 Å². The molecule has 7 nitrogen and oxygen atoms in total. The maximum Gasteiger partial charge on any atom is 0.419 e. The van der Waals surface area contributed by atoms with Crippen molar-refractivity contribution in [2.45, 2.75) is 31.7 Å². The third kappa shape index (κ3) is 6.03. The summed E-state index contributed by atoms with van der Waals surface area (Å²) in [7, 11) is 2.12. The van der Waals surface area contributed by atoms with Crippen LogP contribution in [0, 0.1) is 0 Å². The number of benzene rings is 1. The van der Waals surface area contributed by atoms with Crippen LogP contribution in [0.5, 0.6) is 5.75 Å². The van der Waals surface area contributed by atoms with Crippen LogP contribution >= 0.6 is 0 Å². The Morgan fingerprint density at radius 1 is 1.09 bits per heavy atom. The lowest BCUT2D eigenvalue weighted by atomic mass is 10.0.